The van der Waals surface area contributed by atoms with Gasteiger partial charge in [0, 0.05) is 13.1 Å². The van der Waals surface area contributed by atoms with Gasteiger partial charge in [-0.05, 0) is 6.92 Å². The highest BCUT2D eigenvalue weighted by atomic mass is 16.1. The van der Waals surface area contributed by atoms with Crippen molar-refractivity contribution in [3.8, 4) is 0 Å². The number of nitrogens with one attached hydrogen (secondary N) is 2. The highest BCUT2D eigenvalue weighted by molar-refractivity contribution is 5.82. The van der Waals surface area contributed by atoms with Crippen LogP contribution in [0.3, 0.4) is 0 Å². The van der Waals surface area contributed by atoms with Gasteiger partial charge in [0.1, 0.15) is 17.7 Å². The molecule has 0 aromatic carbocycles. The maximum absolute atomic E-state index is 10.8. The van der Waals surface area contributed by atoms with Crippen molar-refractivity contribution in [2.75, 3.05) is 23.4 Å². The minimum Gasteiger partial charge on any atom is -0.373 e. The zero-order valence-corrected chi connectivity index (χ0v) is 8.61. The number of anilines is 3. The van der Waals surface area contributed by atoms with E-state index in [0.29, 0.717) is 11.6 Å². The third-order valence-corrected chi connectivity index (χ3v) is 1.79. The summed E-state index contributed by atoms with van der Waals surface area (Å²) in [6.07, 6.45) is 0. The number of hydrogen-bond donors (Lipinski definition) is 4. The molecule has 0 saturated heterocycles. The molecule has 0 aliphatic heterocycles. The van der Waals surface area contributed by atoms with Crippen molar-refractivity contribution in [3.63, 3.8) is 0 Å². The van der Waals surface area contributed by atoms with Crippen LogP contribution >= 0.6 is 0 Å². The van der Waals surface area contributed by atoms with Gasteiger partial charge in [0.25, 0.3) is 0 Å². The number of carbonyl (C=O) groups is 1. The van der Waals surface area contributed by atoms with Crippen molar-refractivity contribution in [1.82, 2.24) is 9.97 Å². The number of nitrogens with two attached hydrogens (primary N) is 2. The Kier molecular flexibility index (Phi) is 3.27. The molecule has 0 aliphatic rings. The average Bonchev–Trinajstić information content (AvgIpc) is 2.16. The third kappa shape index (κ3) is 2.97. The first-order valence-electron chi connectivity index (χ1n) is 4.41. The molecule has 1 aromatic heterocycles. The van der Waals surface area contributed by atoms with Crippen LogP contribution in [0.4, 0.5) is 17.6 Å². The largest absolute Gasteiger partial charge is 0.373 e. The van der Waals surface area contributed by atoms with E-state index in [9.17, 15) is 4.79 Å². The molecule has 7 nitrogen and oxygen atoms in total. The molecule has 0 fully saturated rings. The van der Waals surface area contributed by atoms with Gasteiger partial charge in [-0.1, -0.05) is 0 Å². The van der Waals surface area contributed by atoms with Gasteiger partial charge < -0.3 is 22.1 Å². The lowest BCUT2D eigenvalue weighted by Crippen LogP contribution is -2.32. The lowest BCUT2D eigenvalue weighted by molar-refractivity contribution is -0.118. The summed E-state index contributed by atoms with van der Waals surface area (Å²) in [6.45, 7) is 1.64. The second-order valence-electron chi connectivity index (χ2n) is 3.02. The van der Waals surface area contributed by atoms with Crippen LogP contribution in [0.5, 0.6) is 0 Å². The Morgan fingerprint density at radius 1 is 1.47 bits per heavy atom. The van der Waals surface area contributed by atoms with Crippen LogP contribution in [0.25, 0.3) is 0 Å². The molecule has 1 atom stereocenters. The van der Waals surface area contributed by atoms with E-state index < -0.39 is 11.9 Å². The summed E-state index contributed by atoms with van der Waals surface area (Å²) in [7, 11) is 1.71. The minimum atomic E-state index is -0.510. The number of carbonyl (C=O) groups excluding carboxylic acids is 1. The van der Waals surface area contributed by atoms with E-state index in [1.165, 1.54) is 0 Å². The molecule has 1 amide bonds. The van der Waals surface area contributed by atoms with Gasteiger partial charge in [0.2, 0.25) is 11.9 Å². The smallest absolute Gasteiger partial charge is 0.239 e. The van der Waals surface area contributed by atoms with E-state index in [1.54, 1.807) is 20.0 Å². The van der Waals surface area contributed by atoms with E-state index in [-0.39, 0.29) is 5.95 Å². The summed E-state index contributed by atoms with van der Waals surface area (Å²) in [5.74, 6) is 0.694. The van der Waals surface area contributed by atoms with Crippen molar-refractivity contribution in [2.24, 2.45) is 5.73 Å². The van der Waals surface area contributed by atoms with Gasteiger partial charge in [-0.2, -0.15) is 9.97 Å². The Morgan fingerprint density at radius 3 is 2.60 bits per heavy atom. The Morgan fingerprint density at radius 2 is 2.07 bits per heavy atom. The number of hydrogen-bond acceptors (Lipinski definition) is 6. The van der Waals surface area contributed by atoms with Crippen molar-refractivity contribution in [1.29, 1.82) is 0 Å². The first-order valence-corrected chi connectivity index (χ1v) is 4.41. The molecular formula is C8H14N6O. The van der Waals surface area contributed by atoms with E-state index in [0.717, 1.165) is 0 Å². The van der Waals surface area contributed by atoms with Crippen LogP contribution in [0.15, 0.2) is 6.07 Å². The van der Waals surface area contributed by atoms with Gasteiger partial charge >= 0.3 is 0 Å². The molecule has 0 saturated carbocycles. The Balaban J connectivity index is 2.85. The molecule has 82 valence electrons. The number of amides is 1. The Labute approximate surface area is 87.3 Å². The average molecular weight is 210 g/mol. The van der Waals surface area contributed by atoms with E-state index in [2.05, 4.69) is 20.6 Å². The lowest BCUT2D eigenvalue weighted by atomic mass is 10.3. The molecule has 7 heteroatoms. The summed E-state index contributed by atoms with van der Waals surface area (Å²) in [6, 6.07) is 1.12. The van der Waals surface area contributed by atoms with Crippen LogP contribution in [0, 0.1) is 0 Å². The summed E-state index contributed by atoms with van der Waals surface area (Å²) in [5, 5.41) is 5.63. The number of primary amides is 1. The van der Waals surface area contributed by atoms with Crippen molar-refractivity contribution in [3.05, 3.63) is 6.07 Å². The molecule has 1 rings (SSSR count). The summed E-state index contributed by atoms with van der Waals surface area (Å²) in [4.78, 5) is 18.6. The second kappa shape index (κ2) is 4.45. The van der Waals surface area contributed by atoms with Crippen LogP contribution in [-0.2, 0) is 4.79 Å². The predicted molar refractivity (Wildman–Crippen MR) is 58.3 cm³/mol. The maximum atomic E-state index is 10.8. The van der Waals surface area contributed by atoms with Gasteiger partial charge in [-0.25, -0.2) is 0 Å². The molecule has 0 spiro atoms. The second-order valence-corrected chi connectivity index (χ2v) is 3.02. The SMILES string of the molecule is CNc1cc(NC(C)C(N)=O)nc(N)n1. The fourth-order valence-corrected chi connectivity index (χ4v) is 0.961. The van der Waals surface area contributed by atoms with Crippen molar-refractivity contribution < 1.29 is 4.79 Å². The molecule has 15 heavy (non-hydrogen) atoms. The predicted octanol–water partition coefficient (Wildman–Crippen LogP) is -0.614. The number of aromatic nitrogens is 2. The molecule has 1 unspecified atom stereocenters. The monoisotopic (exact) mass is 210 g/mol. The van der Waals surface area contributed by atoms with E-state index >= 15 is 0 Å². The number of nitrogens with zero attached hydrogens (tertiary/aromatic N) is 2. The van der Waals surface area contributed by atoms with Gasteiger partial charge in [-0.3, -0.25) is 4.79 Å². The number of nitrogen functional groups attached to an aromatic ring is 1. The van der Waals surface area contributed by atoms with E-state index in [4.69, 9.17) is 11.5 Å². The van der Waals surface area contributed by atoms with Crippen LogP contribution in [0.2, 0.25) is 0 Å². The standard InChI is InChI=1S/C8H14N6O/c1-4(7(9)15)12-6-3-5(11-2)13-8(10)14-6/h3-4H,1-2H3,(H2,9,15)(H4,10,11,12,13,14). The molecule has 0 bridgehead atoms. The van der Waals surface area contributed by atoms with Crippen LogP contribution < -0.4 is 22.1 Å². The number of rotatable bonds is 4. The molecule has 1 heterocycles. The zero-order valence-electron chi connectivity index (χ0n) is 8.61. The van der Waals surface area contributed by atoms with Gasteiger partial charge in [0.05, 0.1) is 0 Å². The third-order valence-electron chi connectivity index (χ3n) is 1.79. The minimum absolute atomic E-state index is 0.126. The molecule has 0 aliphatic carbocycles. The summed E-state index contributed by atoms with van der Waals surface area (Å²) >= 11 is 0. The normalized spacial score (nSPS) is 11.9. The molecule has 0 radical (unpaired) electrons. The molecule has 1 aromatic rings. The zero-order chi connectivity index (χ0) is 11.4. The molecular weight excluding hydrogens is 196 g/mol. The van der Waals surface area contributed by atoms with Crippen molar-refractivity contribution >= 4 is 23.5 Å². The summed E-state index contributed by atoms with van der Waals surface area (Å²) < 4.78 is 0. The maximum Gasteiger partial charge on any atom is 0.239 e. The molecule has 6 N–H and O–H groups in total. The first kappa shape index (κ1) is 11.0. The highest BCUT2D eigenvalue weighted by Gasteiger charge is 2.09. The van der Waals surface area contributed by atoms with E-state index in [1.807, 2.05) is 0 Å². The Bertz CT molecular complexity index is 366. The highest BCUT2D eigenvalue weighted by Crippen LogP contribution is 2.12. The first-order chi connectivity index (χ1) is 7.02. The van der Waals surface area contributed by atoms with Gasteiger partial charge in [-0.15, -0.1) is 0 Å². The Hall–Kier alpha value is -2.05. The topological polar surface area (TPSA) is 119 Å². The lowest BCUT2D eigenvalue weighted by Gasteiger charge is -2.11. The van der Waals surface area contributed by atoms with Gasteiger partial charge in [0.15, 0.2) is 0 Å². The fraction of sp³-hybridized carbons (Fsp3) is 0.375. The fourth-order valence-electron chi connectivity index (χ4n) is 0.961. The quantitative estimate of drug-likeness (QED) is 0.526. The van der Waals surface area contributed by atoms with Crippen molar-refractivity contribution in [2.45, 2.75) is 13.0 Å². The van der Waals surface area contributed by atoms with Crippen LogP contribution in [0.1, 0.15) is 6.92 Å². The van der Waals surface area contributed by atoms with Crippen LogP contribution in [-0.4, -0.2) is 29.0 Å². The summed E-state index contributed by atoms with van der Waals surface area (Å²) in [5.41, 5.74) is 10.6.